The number of aliphatic imine (C=N–C) groups is 1. The summed E-state index contributed by atoms with van der Waals surface area (Å²) >= 11 is -1.72. The van der Waals surface area contributed by atoms with Crippen LogP contribution in [0.3, 0.4) is 0 Å². The molecule has 1 aliphatic rings. The van der Waals surface area contributed by atoms with E-state index in [-0.39, 0.29) is 18.0 Å². The number of hydrogen-bond acceptors (Lipinski definition) is 8. The smallest absolute Gasteiger partial charge is 0.494 e. The van der Waals surface area contributed by atoms with E-state index < -0.39 is 63.4 Å². The Kier molecular flexibility index (Phi) is 10.5. The molecule has 1 atom stereocenters. The van der Waals surface area contributed by atoms with E-state index in [0.29, 0.717) is 15.9 Å². The van der Waals surface area contributed by atoms with Gasteiger partial charge in [-0.2, -0.15) is 4.90 Å². The van der Waals surface area contributed by atoms with Crippen LogP contribution in [-0.4, -0.2) is 74.5 Å². The zero-order valence-electron chi connectivity index (χ0n) is 26.8. The first-order chi connectivity index (χ1) is 18.4. The summed E-state index contributed by atoms with van der Waals surface area (Å²) < 4.78 is 50.4. The fourth-order valence-corrected chi connectivity index (χ4v) is 5.27. The molecular formula is C29H46BFN2O7S. The molecule has 1 fully saturated rings. The van der Waals surface area contributed by atoms with Gasteiger partial charge in [0.25, 0.3) is 0 Å². The van der Waals surface area contributed by atoms with Crippen LogP contribution >= 0.6 is 0 Å². The molecule has 1 saturated heterocycles. The second-order valence-corrected chi connectivity index (χ2v) is 15.7. The molecular weight excluding hydrogens is 550 g/mol. The van der Waals surface area contributed by atoms with Crippen LogP contribution in [0.5, 0.6) is 0 Å². The molecule has 12 heteroatoms. The van der Waals surface area contributed by atoms with Crippen molar-refractivity contribution >= 4 is 41.8 Å². The fraction of sp³-hybridized carbons (Fsp3) is 0.690. The van der Waals surface area contributed by atoms with Gasteiger partial charge in [0.05, 0.1) is 11.2 Å². The zero-order valence-corrected chi connectivity index (χ0v) is 27.6. The Hall–Kier alpha value is -2.15. The third-order valence-corrected chi connectivity index (χ3v) is 8.73. The third kappa shape index (κ3) is 8.69. The molecule has 230 valence electrons. The van der Waals surface area contributed by atoms with Crippen molar-refractivity contribution in [3.8, 4) is 0 Å². The molecule has 1 aromatic carbocycles. The molecule has 1 unspecified atom stereocenters. The molecule has 9 nitrogen and oxygen atoms in total. The van der Waals surface area contributed by atoms with Crippen LogP contribution in [0.25, 0.3) is 0 Å². The number of aryl methyl sites for hydroxylation is 1. The predicted octanol–water partition coefficient (Wildman–Crippen LogP) is 5.40. The van der Waals surface area contributed by atoms with Crippen LogP contribution in [0.1, 0.15) is 88.6 Å². The number of benzene rings is 1. The molecule has 1 aliphatic heterocycles. The molecule has 0 bridgehead atoms. The molecule has 0 saturated carbocycles. The van der Waals surface area contributed by atoms with Gasteiger partial charge in [-0.05, 0) is 111 Å². The van der Waals surface area contributed by atoms with Crippen LogP contribution in [0.4, 0.5) is 14.0 Å². The number of rotatable bonds is 6. The van der Waals surface area contributed by atoms with E-state index in [0.717, 1.165) is 0 Å². The molecule has 1 heterocycles. The average molecular weight is 597 g/mol. The molecule has 0 radical (unpaired) electrons. The van der Waals surface area contributed by atoms with Gasteiger partial charge in [-0.15, -0.1) is 0 Å². The van der Waals surface area contributed by atoms with Crippen molar-refractivity contribution in [1.82, 2.24) is 4.90 Å². The van der Waals surface area contributed by atoms with Crippen molar-refractivity contribution in [2.75, 3.05) is 12.8 Å². The molecule has 0 aliphatic carbocycles. The topological polar surface area (TPSA) is 110 Å². The highest BCUT2D eigenvalue weighted by Gasteiger charge is 2.52. The van der Waals surface area contributed by atoms with Crippen molar-refractivity contribution in [1.29, 1.82) is 0 Å². The monoisotopic (exact) mass is 596 g/mol. The van der Waals surface area contributed by atoms with Crippen molar-refractivity contribution in [3.63, 3.8) is 0 Å². The second kappa shape index (κ2) is 12.2. The van der Waals surface area contributed by atoms with Gasteiger partial charge in [0.15, 0.2) is 10.6 Å². The van der Waals surface area contributed by atoms with Crippen LogP contribution in [-0.2, 0) is 36.4 Å². The first kappa shape index (κ1) is 35.1. The van der Waals surface area contributed by atoms with Gasteiger partial charge in [0, 0.05) is 13.5 Å². The summed E-state index contributed by atoms with van der Waals surface area (Å²) in [5, 5.41) is 0. The number of imide groups is 1. The molecule has 0 aromatic heterocycles. The quantitative estimate of drug-likeness (QED) is 0.187. The van der Waals surface area contributed by atoms with E-state index in [1.165, 1.54) is 13.1 Å². The summed E-state index contributed by atoms with van der Waals surface area (Å²) in [5.41, 5.74) is -1.95. The van der Waals surface area contributed by atoms with E-state index in [2.05, 4.69) is 4.99 Å². The van der Waals surface area contributed by atoms with E-state index in [1.807, 2.05) is 27.7 Å². The maximum absolute atomic E-state index is 14.9. The zero-order chi connectivity index (χ0) is 31.8. The second-order valence-electron chi connectivity index (χ2n) is 13.6. The lowest BCUT2D eigenvalue weighted by atomic mass is 9.78. The van der Waals surface area contributed by atoms with Gasteiger partial charge in [0.1, 0.15) is 22.8 Å². The van der Waals surface area contributed by atoms with Gasteiger partial charge in [-0.25, -0.2) is 14.0 Å². The van der Waals surface area contributed by atoms with Gasteiger partial charge in [0.2, 0.25) is 0 Å². The lowest BCUT2D eigenvalue weighted by Crippen LogP contribution is -2.56. The average Bonchev–Trinajstić information content (AvgIpc) is 3.00. The van der Waals surface area contributed by atoms with Gasteiger partial charge < -0.3 is 23.3 Å². The van der Waals surface area contributed by atoms with Crippen molar-refractivity contribution in [2.45, 2.75) is 117 Å². The molecule has 41 heavy (non-hydrogen) atoms. The predicted molar refractivity (Wildman–Crippen MR) is 161 cm³/mol. The maximum atomic E-state index is 14.9. The Morgan fingerprint density at radius 2 is 1.44 bits per heavy atom. The molecule has 2 amide bonds. The van der Waals surface area contributed by atoms with Crippen LogP contribution in [0, 0.1) is 5.82 Å². The van der Waals surface area contributed by atoms with Crippen LogP contribution in [0.15, 0.2) is 23.2 Å². The molecule has 2 rings (SSSR count). The Morgan fingerprint density at radius 3 is 1.85 bits per heavy atom. The van der Waals surface area contributed by atoms with Crippen LogP contribution in [0.2, 0.25) is 0 Å². The summed E-state index contributed by atoms with van der Waals surface area (Å²) in [6.07, 6.45) is -1.89. The summed E-state index contributed by atoms with van der Waals surface area (Å²) in [4.78, 5) is 31.2. The Labute approximate surface area is 247 Å². The summed E-state index contributed by atoms with van der Waals surface area (Å²) in [7, 11) is 0.723. The minimum Gasteiger partial charge on any atom is -0.616 e. The lowest BCUT2D eigenvalue weighted by molar-refractivity contribution is 0.00578. The summed E-state index contributed by atoms with van der Waals surface area (Å²) in [6, 6.07) is 4.61. The van der Waals surface area contributed by atoms with Crippen molar-refractivity contribution in [2.24, 2.45) is 4.99 Å². The highest BCUT2D eigenvalue weighted by molar-refractivity contribution is 7.93. The minimum absolute atomic E-state index is 0.0201. The Morgan fingerprint density at radius 1 is 0.976 bits per heavy atom. The highest BCUT2D eigenvalue weighted by Crippen LogP contribution is 2.36. The van der Waals surface area contributed by atoms with Gasteiger partial charge in [-0.3, -0.25) is 4.99 Å². The Bertz CT molecular complexity index is 1110. The number of ether oxygens (including phenoxy) is 2. The molecule has 0 spiro atoms. The molecule has 0 N–H and O–H groups in total. The normalized spacial score (nSPS) is 18.2. The maximum Gasteiger partial charge on any atom is 0.494 e. The van der Waals surface area contributed by atoms with Crippen LogP contribution < -0.4 is 5.46 Å². The largest absolute Gasteiger partial charge is 0.616 e. The fourth-order valence-electron chi connectivity index (χ4n) is 3.97. The number of hydrogen-bond donors (Lipinski definition) is 0. The van der Waals surface area contributed by atoms with E-state index in [4.69, 9.17) is 18.8 Å². The molecule has 1 aromatic rings. The van der Waals surface area contributed by atoms with Gasteiger partial charge >= 0.3 is 19.3 Å². The number of amidine groups is 1. The number of halogens is 1. The first-order valence-electron chi connectivity index (χ1n) is 13.7. The standard InChI is InChI=1S/C29H46BFN2O7S/c1-25(2,3)37-23(34)33(24(35)38-26(4,5)6)22(32-13)27(7,8)41(36)17-16-19-18-20(14-15-21(19)31)30-39-28(9,10)29(11,12)40-30/h14-15,18H,16-17H2,1-13H3/b32-22+. The first-order valence-corrected chi connectivity index (χ1v) is 15.0. The van der Waals surface area contributed by atoms with Crippen molar-refractivity contribution < 1.29 is 37.3 Å². The highest BCUT2D eigenvalue weighted by atomic mass is 32.2. The minimum atomic E-state index is -1.72. The number of carbonyl (C=O) groups is 2. The number of amides is 2. The van der Waals surface area contributed by atoms with Crippen molar-refractivity contribution in [3.05, 3.63) is 29.6 Å². The number of nitrogens with zero attached hydrogens (tertiary/aromatic N) is 2. The summed E-state index contributed by atoms with van der Waals surface area (Å²) in [6.45, 7) is 20.9. The Balaban J connectivity index is 2.31. The summed E-state index contributed by atoms with van der Waals surface area (Å²) in [5.74, 6) is -0.522. The third-order valence-electron chi connectivity index (χ3n) is 6.84. The van der Waals surface area contributed by atoms with E-state index in [9.17, 15) is 18.5 Å². The SMILES string of the molecule is C/N=C(/N(C(=O)OC(C)(C)C)C(=O)OC(C)(C)C)C(C)(C)[S+]([O-])CCc1cc(B2OC(C)(C)C(C)(C)O2)ccc1F. The number of carbonyl (C=O) groups excluding carboxylic acids is 2. The lowest BCUT2D eigenvalue weighted by Gasteiger charge is -2.35. The van der Waals surface area contributed by atoms with Gasteiger partial charge in [-0.1, -0.05) is 12.1 Å². The van der Waals surface area contributed by atoms with E-state index in [1.54, 1.807) is 67.5 Å². The van der Waals surface area contributed by atoms with E-state index >= 15 is 0 Å².